The number of anilines is 1. The number of sulfonamides is 1. The van der Waals surface area contributed by atoms with Gasteiger partial charge < -0.3 is 10.6 Å². The van der Waals surface area contributed by atoms with Gasteiger partial charge in [-0.2, -0.15) is 0 Å². The summed E-state index contributed by atoms with van der Waals surface area (Å²) in [6.45, 7) is 5.24. The highest BCUT2D eigenvalue weighted by atomic mass is 35.5. The monoisotopic (exact) mass is 422 g/mol. The number of aliphatic imine (C=N–C) groups is 1. The van der Waals surface area contributed by atoms with Gasteiger partial charge in [0.15, 0.2) is 0 Å². The lowest BCUT2D eigenvalue weighted by Gasteiger charge is -2.11. The summed E-state index contributed by atoms with van der Waals surface area (Å²) in [6, 6.07) is 13.4. The molecule has 9 heteroatoms. The van der Waals surface area contributed by atoms with Crippen LogP contribution in [0.25, 0.3) is 0 Å². The lowest BCUT2D eigenvalue weighted by Crippen LogP contribution is -2.29. The summed E-state index contributed by atoms with van der Waals surface area (Å²) < 4.78 is 26.7. The Kier molecular flexibility index (Phi) is 7.17. The van der Waals surface area contributed by atoms with Crippen molar-refractivity contribution in [2.24, 2.45) is 4.99 Å². The van der Waals surface area contributed by atoms with Crippen molar-refractivity contribution in [2.45, 2.75) is 31.3 Å². The van der Waals surface area contributed by atoms with Gasteiger partial charge in [0.25, 0.3) is 10.0 Å². The van der Waals surface area contributed by atoms with E-state index in [0.717, 1.165) is 18.7 Å². The molecule has 0 saturated carbocycles. The molecule has 0 bridgehead atoms. The van der Waals surface area contributed by atoms with Crippen LogP contribution in [0.1, 0.15) is 25.0 Å². The molecule has 1 aliphatic heterocycles. The Balaban J connectivity index is 0.00000280. The molecule has 3 N–H and O–H groups in total. The van der Waals surface area contributed by atoms with E-state index in [1.165, 1.54) is 6.07 Å². The Morgan fingerprint density at radius 1 is 1.18 bits per heavy atom. The number of hydrogen-bond donors (Lipinski definition) is 3. The zero-order chi connectivity index (χ0) is 19.4. The molecule has 0 aromatic heterocycles. The first-order valence-corrected chi connectivity index (χ1v) is 10.2. The van der Waals surface area contributed by atoms with E-state index in [2.05, 4.69) is 20.3 Å². The topological polar surface area (TPSA) is 99.7 Å². The van der Waals surface area contributed by atoms with Crippen LogP contribution in [0.4, 0.5) is 5.69 Å². The van der Waals surface area contributed by atoms with Gasteiger partial charge in [0.1, 0.15) is 11.9 Å². The number of carbonyl (C=O) groups excluding carboxylic acids is 1. The quantitative estimate of drug-likeness (QED) is 0.664. The van der Waals surface area contributed by atoms with Crippen molar-refractivity contribution < 1.29 is 13.2 Å². The highest BCUT2D eigenvalue weighted by Gasteiger charge is 2.31. The number of nitrogens with one attached hydrogen (secondary N) is 3. The summed E-state index contributed by atoms with van der Waals surface area (Å²) >= 11 is 0. The minimum atomic E-state index is -3.62. The Morgan fingerprint density at radius 3 is 2.68 bits per heavy atom. The third-order valence-corrected chi connectivity index (χ3v) is 5.54. The third kappa shape index (κ3) is 4.89. The SMILES string of the molecule is CCNCc1cccc(NC(=O)C(C)N=C2NS(=O)(=O)c3ccccc32)c1.Cl. The van der Waals surface area contributed by atoms with Crippen LogP contribution in [-0.2, 0) is 21.4 Å². The molecule has 0 fully saturated rings. The summed E-state index contributed by atoms with van der Waals surface area (Å²) in [5.74, 6) is -0.124. The molecule has 150 valence electrons. The van der Waals surface area contributed by atoms with Gasteiger partial charge in [-0.05, 0) is 43.3 Å². The molecule has 7 nitrogen and oxygen atoms in total. The highest BCUT2D eigenvalue weighted by molar-refractivity contribution is 7.90. The van der Waals surface area contributed by atoms with Crippen molar-refractivity contribution in [1.82, 2.24) is 10.0 Å². The van der Waals surface area contributed by atoms with Crippen LogP contribution in [0.3, 0.4) is 0 Å². The molecular formula is C19H23ClN4O3S. The smallest absolute Gasteiger partial charge is 0.263 e. The van der Waals surface area contributed by atoms with Crippen molar-refractivity contribution in [1.29, 1.82) is 0 Å². The summed E-state index contributed by atoms with van der Waals surface area (Å²) in [6.07, 6.45) is 0. The van der Waals surface area contributed by atoms with E-state index < -0.39 is 16.1 Å². The standard InChI is InChI=1S/C19H22N4O3S.ClH/c1-3-20-12-14-7-6-8-15(11-14)22-19(24)13(2)21-18-16-9-4-5-10-17(16)27(25,26)23-18;/h4-11,13,20H,3,12H2,1-2H3,(H,21,23)(H,22,24);1H. The lowest BCUT2D eigenvalue weighted by molar-refractivity contribution is -0.117. The zero-order valence-corrected chi connectivity index (χ0v) is 17.2. The van der Waals surface area contributed by atoms with E-state index in [-0.39, 0.29) is 29.0 Å². The molecule has 28 heavy (non-hydrogen) atoms. The second-order valence-electron chi connectivity index (χ2n) is 6.23. The van der Waals surface area contributed by atoms with Crippen molar-refractivity contribution in [2.75, 3.05) is 11.9 Å². The second-order valence-corrected chi connectivity index (χ2v) is 7.88. The van der Waals surface area contributed by atoms with Crippen LogP contribution in [0.5, 0.6) is 0 Å². The number of amidine groups is 1. The molecular weight excluding hydrogens is 400 g/mol. The lowest BCUT2D eigenvalue weighted by atomic mass is 10.2. The van der Waals surface area contributed by atoms with Crippen LogP contribution in [0.2, 0.25) is 0 Å². The average Bonchev–Trinajstić information content (AvgIpc) is 2.91. The molecule has 0 aliphatic carbocycles. The maximum atomic E-state index is 12.5. The van der Waals surface area contributed by atoms with Gasteiger partial charge in [0.05, 0.1) is 4.90 Å². The fourth-order valence-corrected chi connectivity index (χ4v) is 4.00. The highest BCUT2D eigenvalue weighted by Crippen LogP contribution is 2.22. The molecule has 1 heterocycles. The fraction of sp³-hybridized carbons (Fsp3) is 0.263. The summed E-state index contributed by atoms with van der Waals surface area (Å²) in [5, 5.41) is 6.06. The molecule has 1 unspecified atom stereocenters. The minimum absolute atomic E-state index is 0. The van der Waals surface area contributed by atoms with E-state index in [1.807, 2.05) is 25.1 Å². The summed E-state index contributed by atoms with van der Waals surface area (Å²) in [7, 11) is -3.62. The Hall–Kier alpha value is -2.42. The average molecular weight is 423 g/mol. The summed E-state index contributed by atoms with van der Waals surface area (Å²) in [4.78, 5) is 16.9. The number of halogens is 1. The zero-order valence-electron chi connectivity index (χ0n) is 15.6. The molecule has 2 aromatic carbocycles. The number of nitrogens with zero attached hydrogens (tertiary/aromatic N) is 1. The van der Waals surface area contributed by atoms with E-state index in [9.17, 15) is 13.2 Å². The van der Waals surface area contributed by atoms with Crippen molar-refractivity contribution in [3.05, 3.63) is 59.7 Å². The van der Waals surface area contributed by atoms with Gasteiger partial charge in [0, 0.05) is 17.8 Å². The first kappa shape index (κ1) is 21.9. The Labute approximate surface area is 171 Å². The molecule has 1 aliphatic rings. The van der Waals surface area contributed by atoms with E-state index in [1.54, 1.807) is 31.2 Å². The van der Waals surface area contributed by atoms with E-state index in [4.69, 9.17) is 0 Å². The van der Waals surface area contributed by atoms with Crippen LogP contribution in [0.15, 0.2) is 58.4 Å². The molecule has 2 aromatic rings. The number of fused-ring (bicyclic) bond motifs is 1. The van der Waals surface area contributed by atoms with Crippen LogP contribution < -0.4 is 15.4 Å². The van der Waals surface area contributed by atoms with Gasteiger partial charge in [-0.3, -0.25) is 14.5 Å². The summed E-state index contributed by atoms with van der Waals surface area (Å²) in [5.41, 5.74) is 2.21. The maximum absolute atomic E-state index is 12.5. The molecule has 0 radical (unpaired) electrons. The van der Waals surface area contributed by atoms with Gasteiger partial charge in [0.2, 0.25) is 5.91 Å². The number of hydrogen-bond acceptors (Lipinski definition) is 5. The second kappa shape index (κ2) is 9.18. The minimum Gasteiger partial charge on any atom is -0.324 e. The maximum Gasteiger partial charge on any atom is 0.263 e. The molecule has 1 amide bonds. The predicted molar refractivity (Wildman–Crippen MR) is 112 cm³/mol. The molecule has 0 spiro atoms. The van der Waals surface area contributed by atoms with Gasteiger partial charge in [-0.1, -0.05) is 31.2 Å². The van der Waals surface area contributed by atoms with Crippen molar-refractivity contribution in [3.8, 4) is 0 Å². The molecule has 0 saturated heterocycles. The van der Waals surface area contributed by atoms with Crippen LogP contribution in [-0.4, -0.2) is 32.7 Å². The van der Waals surface area contributed by atoms with E-state index >= 15 is 0 Å². The first-order valence-electron chi connectivity index (χ1n) is 8.71. The predicted octanol–water partition coefficient (Wildman–Crippen LogP) is 2.28. The number of carbonyl (C=O) groups is 1. The first-order chi connectivity index (χ1) is 12.9. The molecule has 3 rings (SSSR count). The Bertz CT molecular complexity index is 992. The largest absolute Gasteiger partial charge is 0.324 e. The number of amides is 1. The number of rotatable bonds is 6. The third-order valence-electron chi connectivity index (χ3n) is 4.14. The van der Waals surface area contributed by atoms with Gasteiger partial charge in [-0.15, -0.1) is 12.4 Å². The van der Waals surface area contributed by atoms with Crippen molar-refractivity contribution >= 4 is 39.9 Å². The van der Waals surface area contributed by atoms with Crippen molar-refractivity contribution in [3.63, 3.8) is 0 Å². The Morgan fingerprint density at radius 2 is 1.93 bits per heavy atom. The van der Waals surface area contributed by atoms with Crippen LogP contribution >= 0.6 is 12.4 Å². The van der Waals surface area contributed by atoms with Crippen LogP contribution in [0, 0.1) is 0 Å². The van der Waals surface area contributed by atoms with E-state index in [0.29, 0.717) is 11.3 Å². The fourth-order valence-electron chi connectivity index (χ4n) is 2.76. The number of benzene rings is 2. The van der Waals surface area contributed by atoms with Gasteiger partial charge in [-0.25, -0.2) is 8.42 Å². The van der Waals surface area contributed by atoms with Gasteiger partial charge >= 0.3 is 0 Å². The normalized spacial score (nSPS) is 16.6. The molecule has 1 atom stereocenters.